The molecule has 0 aromatic carbocycles. The molecule has 1 heterocycles. The molecule has 100 valence electrons. The molecule has 3 heteroatoms. The van der Waals surface area contributed by atoms with E-state index in [2.05, 4.69) is 36.1 Å². The van der Waals surface area contributed by atoms with Crippen molar-refractivity contribution in [2.75, 3.05) is 46.8 Å². The van der Waals surface area contributed by atoms with E-state index in [1.54, 1.807) is 0 Å². The first-order valence-electron chi connectivity index (χ1n) is 7.29. The summed E-state index contributed by atoms with van der Waals surface area (Å²) < 4.78 is 0. The van der Waals surface area contributed by atoms with E-state index in [4.69, 9.17) is 0 Å². The molecule has 0 aromatic rings. The summed E-state index contributed by atoms with van der Waals surface area (Å²) in [6.07, 6.45) is 4.27. The zero-order chi connectivity index (χ0) is 12.3. The molecule has 2 aliphatic rings. The van der Waals surface area contributed by atoms with E-state index in [1.165, 1.54) is 45.4 Å². The summed E-state index contributed by atoms with van der Waals surface area (Å²) in [6, 6.07) is 0.740. The monoisotopic (exact) mass is 239 g/mol. The van der Waals surface area contributed by atoms with Crippen molar-refractivity contribution in [2.45, 2.75) is 32.2 Å². The van der Waals surface area contributed by atoms with Crippen molar-refractivity contribution >= 4 is 0 Å². The lowest BCUT2D eigenvalue weighted by Gasteiger charge is -2.26. The molecule has 2 rings (SSSR count). The van der Waals surface area contributed by atoms with Gasteiger partial charge in [0.2, 0.25) is 0 Å². The van der Waals surface area contributed by atoms with E-state index in [9.17, 15) is 0 Å². The Labute approximate surface area is 107 Å². The van der Waals surface area contributed by atoms with Gasteiger partial charge in [-0.15, -0.1) is 0 Å². The van der Waals surface area contributed by atoms with Gasteiger partial charge in [0.15, 0.2) is 0 Å². The van der Waals surface area contributed by atoms with Gasteiger partial charge in [-0.05, 0) is 58.3 Å². The van der Waals surface area contributed by atoms with Gasteiger partial charge in [0.05, 0.1) is 0 Å². The van der Waals surface area contributed by atoms with Crippen LogP contribution in [0.25, 0.3) is 0 Å². The van der Waals surface area contributed by atoms with Gasteiger partial charge in [0.1, 0.15) is 0 Å². The maximum absolute atomic E-state index is 3.66. The third-order valence-corrected chi connectivity index (χ3v) is 4.22. The fraction of sp³-hybridized carbons (Fsp3) is 1.00. The quantitative estimate of drug-likeness (QED) is 0.721. The van der Waals surface area contributed by atoms with Crippen molar-refractivity contribution in [3.63, 3.8) is 0 Å². The van der Waals surface area contributed by atoms with E-state index >= 15 is 0 Å². The second kappa shape index (κ2) is 6.17. The fourth-order valence-electron chi connectivity index (χ4n) is 3.17. The molecule has 1 N–H and O–H groups in total. The molecular weight excluding hydrogens is 210 g/mol. The van der Waals surface area contributed by atoms with E-state index in [0.717, 1.165) is 24.4 Å². The first-order chi connectivity index (χ1) is 8.19. The van der Waals surface area contributed by atoms with E-state index < -0.39 is 0 Å². The second-order valence-electron chi connectivity index (χ2n) is 6.14. The van der Waals surface area contributed by atoms with Gasteiger partial charge in [0.25, 0.3) is 0 Å². The maximum atomic E-state index is 3.66. The van der Waals surface area contributed by atoms with Crippen LogP contribution < -0.4 is 5.32 Å². The molecule has 0 amide bonds. The molecule has 2 unspecified atom stereocenters. The van der Waals surface area contributed by atoms with Crippen molar-refractivity contribution in [1.82, 2.24) is 15.1 Å². The molecule has 1 saturated carbocycles. The van der Waals surface area contributed by atoms with Crippen LogP contribution in [0.1, 0.15) is 26.2 Å². The number of nitrogens with one attached hydrogen (secondary N) is 1. The molecule has 2 atom stereocenters. The smallest absolute Gasteiger partial charge is 0.0223 e. The molecule has 0 spiro atoms. The lowest BCUT2D eigenvalue weighted by atomic mass is 10.1. The normalized spacial score (nSPS) is 27.9. The summed E-state index contributed by atoms with van der Waals surface area (Å²) in [4.78, 5) is 5.01. The molecule has 1 aliphatic heterocycles. The Bertz CT molecular complexity index is 228. The average Bonchev–Trinajstić information content (AvgIpc) is 3.03. The first-order valence-corrected chi connectivity index (χ1v) is 7.29. The zero-order valence-electron chi connectivity index (χ0n) is 11.8. The van der Waals surface area contributed by atoms with Gasteiger partial charge in [-0.3, -0.25) is 0 Å². The first kappa shape index (κ1) is 13.3. The highest BCUT2D eigenvalue weighted by Gasteiger charge is 2.31. The summed E-state index contributed by atoms with van der Waals surface area (Å²) >= 11 is 0. The number of hydrogen-bond acceptors (Lipinski definition) is 3. The number of nitrogens with zero attached hydrogens (tertiary/aromatic N) is 2. The Morgan fingerprint density at radius 2 is 2.12 bits per heavy atom. The van der Waals surface area contributed by atoms with Crippen LogP contribution in [0.2, 0.25) is 0 Å². The summed E-state index contributed by atoms with van der Waals surface area (Å²) in [6.45, 7) is 8.43. The Balaban J connectivity index is 1.69. The molecule has 1 aliphatic carbocycles. The highest BCUT2D eigenvalue weighted by molar-refractivity contribution is 4.88. The van der Waals surface area contributed by atoms with Crippen molar-refractivity contribution in [2.24, 2.45) is 11.8 Å². The highest BCUT2D eigenvalue weighted by Crippen LogP contribution is 2.33. The predicted molar refractivity (Wildman–Crippen MR) is 73.3 cm³/mol. The van der Waals surface area contributed by atoms with Crippen LogP contribution in [0.15, 0.2) is 0 Å². The van der Waals surface area contributed by atoms with E-state index in [0.29, 0.717) is 0 Å². The summed E-state index contributed by atoms with van der Waals surface area (Å²) in [5.41, 5.74) is 0. The molecule has 3 nitrogen and oxygen atoms in total. The fourth-order valence-corrected chi connectivity index (χ4v) is 3.17. The Morgan fingerprint density at radius 3 is 2.65 bits per heavy atom. The van der Waals surface area contributed by atoms with E-state index in [-0.39, 0.29) is 0 Å². The lowest BCUT2D eigenvalue weighted by Crippen LogP contribution is -2.42. The molecule has 1 saturated heterocycles. The van der Waals surface area contributed by atoms with E-state index in [1.807, 2.05) is 0 Å². The minimum Gasteiger partial charge on any atom is -0.313 e. The van der Waals surface area contributed by atoms with Crippen molar-refractivity contribution < 1.29 is 0 Å². The molecule has 2 fully saturated rings. The van der Waals surface area contributed by atoms with Crippen LogP contribution >= 0.6 is 0 Å². The van der Waals surface area contributed by atoms with Gasteiger partial charge < -0.3 is 15.1 Å². The SMILES string of the molecule is CCNC(CN(C)CC1CCN(C)C1)C1CC1. The number of hydrogen-bond donors (Lipinski definition) is 1. The van der Waals surface area contributed by atoms with Gasteiger partial charge in [-0.1, -0.05) is 6.92 Å². The maximum Gasteiger partial charge on any atom is 0.0223 e. The Kier molecular flexibility index (Phi) is 4.83. The Hall–Kier alpha value is -0.120. The van der Waals surface area contributed by atoms with Crippen LogP contribution in [-0.4, -0.2) is 62.7 Å². The Morgan fingerprint density at radius 1 is 1.35 bits per heavy atom. The second-order valence-corrected chi connectivity index (χ2v) is 6.14. The molecule has 0 radical (unpaired) electrons. The minimum atomic E-state index is 0.740. The largest absolute Gasteiger partial charge is 0.313 e. The van der Waals surface area contributed by atoms with Crippen LogP contribution in [0.4, 0.5) is 0 Å². The van der Waals surface area contributed by atoms with Crippen LogP contribution in [0, 0.1) is 11.8 Å². The summed E-state index contributed by atoms with van der Waals surface area (Å²) in [7, 11) is 4.54. The zero-order valence-corrected chi connectivity index (χ0v) is 11.8. The molecule has 17 heavy (non-hydrogen) atoms. The summed E-state index contributed by atoms with van der Waals surface area (Å²) in [5, 5.41) is 3.66. The number of likely N-dealkylation sites (N-methyl/N-ethyl adjacent to an activating group) is 2. The van der Waals surface area contributed by atoms with Crippen molar-refractivity contribution in [1.29, 1.82) is 0 Å². The summed E-state index contributed by atoms with van der Waals surface area (Å²) in [5.74, 6) is 1.86. The number of likely N-dealkylation sites (tertiary alicyclic amines) is 1. The van der Waals surface area contributed by atoms with Crippen LogP contribution in [0.3, 0.4) is 0 Å². The minimum absolute atomic E-state index is 0.740. The van der Waals surface area contributed by atoms with Crippen LogP contribution in [0.5, 0.6) is 0 Å². The highest BCUT2D eigenvalue weighted by atomic mass is 15.2. The van der Waals surface area contributed by atoms with Crippen molar-refractivity contribution in [3.8, 4) is 0 Å². The van der Waals surface area contributed by atoms with Gasteiger partial charge in [-0.25, -0.2) is 0 Å². The topological polar surface area (TPSA) is 18.5 Å². The number of rotatable bonds is 7. The lowest BCUT2D eigenvalue weighted by molar-refractivity contribution is 0.238. The third-order valence-electron chi connectivity index (χ3n) is 4.22. The molecular formula is C14H29N3. The predicted octanol–water partition coefficient (Wildman–Crippen LogP) is 1.26. The van der Waals surface area contributed by atoms with Gasteiger partial charge >= 0.3 is 0 Å². The van der Waals surface area contributed by atoms with Gasteiger partial charge in [-0.2, -0.15) is 0 Å². The third kappa shape index (κ3) is 4.23. The average molecular weight is 239 g/mol. The van der Waals surface area contributed by atoms with Crippen LogP contribution in [-0.2, 0) is 0 Å². The van der Waals surface area contributed by atoms with Crippen molar-refractivity contribution in [3.05, 3.63) is 0 Å². The van der Waals surface area contributed by atoms with Gasteiger partial charge in [0, 0.05) is 25.7 Å². The molecule has 0 bridgehead atoms. The molecule has 0 aromatic heterocycles. The standard InChI is InChI=1S/C14H29N3/c1-4-15-14(13-5-6-13)11-17(3)10-12-7-8-16(2)9-12/h12-15H,4-11H2,1-3H3.